The van der Waals surface area contributed by atoms with E-state index in [1.54, 1.807) is 24.5 Å². The number of fused-ring (bicyclic) bond motifs is 1. The fourth-order valence-corrected chi connectivity index (χ4v) is 2.53. The van der Waals surface area contributed by atoms with E-state index in [9.17, 15) is 9.18 Å². The van der Waals surface area contributed by atoms with Crippen LogP contribution in [0.2, 0.25) is 0 Å². The van der Waals surface area contributed by atoms with Crippen molar-refractivity contribution in [1.82, 2.24) is 9.55 Å². The first-order valence-electron chi connectivity index (χ1n) is 6.18. The summed E-state index contributed by atoms with van der Waals surface area (Å²) in [5.41, 5.74) is 1.80. The summed E-state index contributed by atoms with van der Waals surface area (Å²) in [5, 5.41) is 9.11. The van der Waals surface area contributed by atoms with Gasteiger partial charge < -0.3 is 9.67 Å². The average molecular weight is 260 g/mol. The van der Waals surface area contributed by atoms with Crippen molar-refractivity contribution in [3.63, 3.8) is 0 Å². The highest BCUT2D eigenvalue weighted by molar-refractivity contribution is 5.72. The zero-order valence-electron chi connectivity index (χ0n) is 10.2. The molecule has 1 N–H and O–H groups in total. The highest BCUT2D eigenvalue weighted by atomic mass is 19.1. The van der Waals surface area contributed by atoms with Gasteiger partial charge in [0.15, 0.2) is 0 Å². The summed E-state index contributed by atoms with van der Waals surface area (Å²) < 4.78 is 15.7. The van der Waals surface area contributed by atoms with Gasteiger partial charge >= 0.3 is 5.97 Å². The number of carboxylic acid groups (broad SMARTS) is 1. The molecule has 0 radical (unpaired) electrons. The molecule has 1 aromatic carbocycles. The van der Waals surface area contributed by atoms with Crippen molar-refractivity contribution in [2.75, 3.05) is 0 Å². The first kappa shape index (κ1) is 11.9. The minimum Gasteiger partial charge on any atom is -0.481 e. The molecule has 1 unspecified atom stereocenters. The van der Waals surface area contributed by atoms with Gasteiger partial charge in [0.25, 0.3) is 0 Å². The van der Waals surface area contributed by atoms with E-state index in [0.29, 0.717) is 30.6 Å². The van der Waals surface area contributed by atoms with Crippen LogP contribution >= 0.6 is 0 Å². The smallest absolute Gasteiger partial charge is 0.306 e. The summed E-state index contributed by atoms with van der Waals surface area (Å²) in [6, 6.07) is 6.44. The normalized spacial score (nSPS) is 18.1. The number of aliphatic carboxylic acids is 1. The number of aryl methyl sites for hydroxylation is 1. The lowest BCUT2D eigenvalue weighted by Crippen LogP contribution is -2.25. The fourth-order valence-electron chi connectivity index (χ4n) is 2.53. The Kier molecular flexibility index (Phi) is 2.81. The van der Waals surface area contributed by atoms with Crippen molar-refractivity contribution in [3.8, 4) is 11.3 Å². The van der Waals surface area contributed by atoms with Crippen molar-refractivity contribution < 1.29 is 14.3 Å². The van der Waals surface area contributed by atoms with Crippen molar-refractivity contribution in [1.29, 1.82) is 0 Å². The van der Waals surface area contributed by atoms with Crippen LogP contribution in [0, 0.1) is 11.7 Å². The van der Waals surface area contributed by atoms with Crippen LogP contribution in [-0.4, -0.2) is 20.6 Å². The van der Waals surface area contributed by atoms with Gasteiger partial charge in [-0.1, -0.05) is 12.1 Å². The van der Waals surface area contributed by atoms with Gasteiger partial charge in [0.05, 0.1) is 17.9 Å². The third kappa shape index (κ3) is 2.01. The molecule has 4 nitrogen and oxygen atoms in total. The van der Waals surface area contributed by atoms with Crippen molar-refractivity contribution >= 4 is 5.97 Å². The molecule has 0 spiro atoms. The lowest BCUT2D eigenvalue weighted by molar-refractivity contribution is -0.142. The molecule has 1 atom stereocenters. The average Bonchev–Trinajstić information content (AvgIpc) is 2.82. The SMILES string of the molecule is O=C(O)C1CCn2cnc(-c3ccccc3F)c2C1. The molecule has 0 aliphatic carbocycles. The predicted molar refractivity (Wildman–Crippen MR) is 67.1 cm³/mol. The van der Waals surface area contributed by atoms with Gasteiger partial charge in [0.1, 0.15) is 5.82 Å². The Hall–Kier alpha value is -2.17. The third-order valence-corrected chi connectivity index (χ3v) is 3.58. The summed E-state index contributed by atoms with van der Waals surface area (Å²) in [7, 11) is 0. The van der Waals surface area contributed by atoms with Crippen LogP contribution in [0.25, 0.3) is 11.3 Å². The minimum absolute atomic E-state index is 0.332. The molecule has 0 bridgehead atoms. The number of hydrogen-bond donors (Lipinski definition) is 1. The first-order valence-corrected chi connectivity index (χ1v) is 6.18. The molecule has 19 heavy (non-hydrogen) atoms. The molecule has 5 heteroatoms. The fraction of sp³-hybridized carbons (Fsp3) is 0.286. The van der Waals surface area contributed by atoms with E-state index in [-0.39, 0.29) is 5.82 Å². The molecule has 1 aromatic heterocycles. The summed E-state index contributed by atoms with van der Waals surface area (Å²) in [5.74, 6) is -1.54. The van der Waals surface area contributed by atoms with Crippen molar-refractivity contribution in [3.05, 3.63) is 42.1 Å². The standard InChI is InChI=1S/C14H13FN2O2/c15-11-4-2-1-3-10(11)13-12-7-9(14(18)19)5-6-17(12)8-16-13/h1-4,8-9H,5-7H2,(H,18,19). The quantitative estimate of drug-likeness (QED) is 0.901. The molecule has 2 aromatic rings. The second-order valence-corrected chi connectivity index (χ2v) is 4.74. The maximum absolute atomic E-state index is 13.8. The highest BCUT2D eigenvalue weighted by Gasteiger charge is 2.27. The number of aromatic nitrogens is 2. The summed E-state index contributed by atoms with van der Waals surface area (Å²) in [4.78, 5) is 15.3. The van der Waals surface area contributed by atoms with Crippen LogP contribution in [0.5, 0.6) is 0 Å². The van der Waals surface area contributed by atoms with Crippen LogP contribution in [0.4, 0.5) is 4.39 Å². The van der Waals surface area contributed by atoms with Gasteiger partial charge in [0, 0.05) is 24.2 Å². The van der Waals surface area contributed by atoms with E-state index in [2.05, 4.69) is 4.98 Å². The second-order valence-electron chi connectivity index (χ2n) is 4.74. The predicted octanol–water partition coefficient (Wildman–Crippen LogP) is 2.34. The second kappa shape index (κ2) is 4.50. The van der Waals surface area contributed by atoms with E-state index in [1.807, 2.05) is 4.57 Å². The van der Waals surface area contributed by atoms with Crippen LogP contribution < -0.4 is 0 Å². The number of rotatable bonds is 2. The molecule has 0 saturated carbocycles. The van der Waals surface area contributed by atoms with Crippen LogP contribution in [0.1, 0.15) is 12.1 Å². The monoisotopic (exact) mass is 260 g/mol. The van der Waals surface area contributed by atoms with Crippen molar-refractivity contribution in [2.24, 2.45) is 5.92 Å². The maximum atomic E-state index is 13.8. The van der Waals surface area contributed by atoms with E-state index < -0.39 is 11.9 Å². The van der Waals surface area contributed by atoms with E-state index in [4.69, 9.17) is 5.11 Å². The molecule has 0 amide bonds. The lowest BCUT2D eigenvalue weighted by atomic mass is 9.94. The zero-order chi connectivity index (χ0) is 13.4. The third-order valence-electron chi connectivity index (χ3n) is 3.58. The van der Waals surface area contributed by atoms with E-state index in [1.165, 1.54) is 6.07 Å². The zero-order valence-corrected chi connectivity index (χ0v) is 10.2. The minimum atomic E-state index is -0.799. The van der Waals surface area contributed by atoms with E-state index in [0.717, 1.165) is 5.69 Å². The summed E-state index contributed by atoms with van der Waals surface area (Å²) in [6.07, 6.45) is 2.66. The Morgan fingerprint density at radius 1 is 1.42 bits per heavy atom. The van der Waals surface area contributed by atoms with Gasteiger partial charge in [-0.05, 0) is 18.6 Å². The number of benzene rings is 1. The van der Waals surface area contributed by atoms with Gasteiger partial charge in [-0.25, -0.2) is 9.37 Å². The Morgan fingerprint density at radius 3 is 2.95 bits per heavy atom. The molecular weight excluding hydrogens is 247 g/mol. The van der Waals surface area contributed by atoms with Crippen molar-refractivity contribution in [2.45, 2.75) is 19.4 Å². The lowest BCUT2D eigenvalue weighted by Gasteiger charge is -2.21. The number of hydrogen-bond acceptors (Lipinski definition) is 2. The topological polar surface area (TPSA) is 55.1 Å². The van der Waals surface area contributed by atoms with E-state index >= 15 is 0 Å². The van der Waals surface area contributed by atoms with Gasteiger partial charge in [-0.15, -0.1) is 0 Å². The first-order chi connectivity index (χ1) is 9.16. The molecule has 2 heterocycles. The molecule has 0 saturated heterocycles. The summed E-state index contributed by atoms with van der Waals surface area (Å²) >= 11 is 0. The maximum Gasteiger partial charge on any atom is 0.306 e. The molecule has 3 rings (SSSR count). The number of carboxylic acids is 1. The van der Waals surface area contributed by atoms with Gasteiger partial charge in [0.2, 0.25) is 0 Å². The molecule has 1 aliphatic heterocycles. The van der Waals surface area contributed by atoms with Gasteiger partial charge in [-0.2, -0.15) is 0 Å². The number of imidazole rings is 1. The molecule has 1 aliphatic rings. The number of carbonyl (C=O) groups is 1. The van der Waals surface area contributed by atoms with Gasteiger partial charge in [-0.3, -0.25) is 4.79 Å². The molecule has 0 fully saturated rings. The molecule has 98 valence electrons. The number of nitrogens with zero attached hydrogens (tertiary/aromatic N) is 2. The summed E-state index contributed by atoms with van der Waals surface area (Å²) in [6.45, 7) is 0.619. The number of halogens is 1. The largest absolute Gasteiger partial charge is 0.481 e. The Labute approximate surface area is 109 Å². The Bertz CT molecular complexity index is 636. The molecular formula is C14H13FN2O2. The van der Waals surface area contributed by atoms with Crippen LogP contribution in [0.3, 0.4) is 0 Å². The van der Waals surface area contributed by atoms with Crippen LogP contribution in [0.15, 0.2) is 30.6 Å². The highest BCUT2D eigenvalue weighted by Crippen LogP contribution is 2.30. The Morgan fingerprint density at radius 2 is 2.21 bits per heavy atom. The Balaban J connectivity index is 2.04. The van der Waals surface area contributed by atoms with Crippen LogP contribution in [-0.2, 0) is 17.8 Å².